The number of phenols is 2. The van der Waals surface area contributed by atoms with Gasteiger partial charge in [-0.1, -0.05) is 38.1 Å². The number of rotatable bonds is 43. The van der Waals surface area contributed by atoms with E-state index >= 15 is 4.79 Å². The Balaban J connectivity index is 1.65. The van der Waals surface area contributed by atoms with Crippen LogP contribution in [0, 0.1) is 5.92 Å². The van der Waals surface area contributed by atoms with Crippen LogP contribution in [0.15, 0.2) is 58.5 Å². The normalized spacial score (nSPS) is 16.8. The fourth-order valence-corrected chi connectivity index (χ4v) is 11.9. The average molecular weight is 1500 g/mol. The highest BCUT2D eigenvalue weighted by Crippen LogP contribution is 2.21. The fraction of sp³-hybridized carbons (Fsp3) is 0.597. The number of nitrogens with two attached hydrogens (primary N) is 6. The van der Waals surface area contributed by atoms with Crippen LogP contribution in [0.2, 0.25) is 0 Å². The number of nitrogens with zero attached hydrogens (tertiary/aromatic N) is 7. The third kappa shape index (κ3) is 33.9. The summed E-state index contributed by atoms with van der Waals surface area (Å²) >= 11 is 0. The molecule has 8 atom stereocenters. The molecule has 39 nitrogen and oxygen atoms in total. The van der Waals surface area contributed by atoms with E-state index in [0.29, 0.717) is 17.5 Å². The molecule has 0 radical (unpaired) electrons. The van der Waals surface area contributed by atoms with Gasteiger partial charge in [-0.15, -0.1) is 0 Å². The first-order valence-electron chi connectivity index (χ1n) is 35.0. The minimum Gasteiger partial charge on any atom is -0.508 e. The number of hydrogen-bond donors (Lipinski definition) is 19. The van der Waals surface area contributed by atoms with Gasteiger partial charge >= 0.3 is 23.9 Å². The highest BCUT2D eigenvalue weighted by Gasteiger charge is 2.40. The Morgan fingerprint density at radius 2 is 0.858 bits per heavy atom. The molecule has 9 amide bonds. The fourth-order valence-electron chi connectivity index (χ4n) is 11.9. The molecule has 0 aromatic heterocycles. The summed E-state index contributed by atoms with van der Waals surface area (Å²) in [4.78, 5) is 190. The molecule has 2 fully saturated rings. The SMILES string of the molecule is CC(C)C[C@H](NC(=O)[C@H](CCCN=C(N)N)NC(=O)[C@H](Cc1ccc(O)cc1)NC(=O)[C@H](CCCCNC(=O)CN1CCN(CC(=O)O)CCN(CC(=O)O)CCN(CC(=O)O)CC1)NC(=O)[C@@H]1CCCN1C(=O)[C@@H](N)CC(N)=O)C(=O)N[C@@H](CCCN=C(N)N)C(=O)N[C@@H](Cc1ccc(O)cc1)C(=O)O. The first-order chi connectivity index (χ1) is 50.2. The van der Waals surface area contributed by atoms with E-state index in [9.17, 15) is 88.2 Å². The Kier molecular flexibility index (Phi) is 37.9. The predicted octanol–water partition coefficient (Wildman–Crippen LogP) is -6.01. The Hall–Kier alpha value is -10.5. The minimum atomic E-state index is -1.60. The first-order valence-corrected chi connectivity index (χ1v) is 35.0. The van der Waals surface area contributed by atoms with Crippen molar-refractivity contribution in [3.8, 4) is 11.5 Å². The molecule has 0 bridgehead atoms. The predicted molar refractivity (Wildman–Crippen MR) is 384 cm³/mol. The molecule has 39 heteroatoms. The molecule has 106 heavy (non-hydrogen) atoms. The zero-order chi connectivity index (χ0) is 78.6. The van der Waals surface area contributed by atoms with Gasteiger partial charge in [0.2, 0.25) is 53.2 Å². The molecule has 0 saturated carbocycles. The summed E-state index contributed by atoms with van der Waals surface area (Å²) in [6, 6.07) is -0.368. The lowest BCUT2D eigenvalue weighted by Crippen LogP contribution is -2.60. The van der Waals surface area contributed by atoms with E-state index < -0.39 is 132 Å². The van der Waals surface area contributed by atoms with Crippen molar-refractivity contribution >= 4 is 89.0 Å². The lowest BCUT2D eigenvalue weighted by atomic mass is 10.00. The number of carboxylic acids is 4. The number of unbranched alkanes of at least 4 members (excludes halogenated alkanes) is 1. The molecule has 588 valence electrons. The molecule has 2 aromatic rings. The van der Waals surface area contributed by atoms with Crippen molar-refractivity contribution < 1.29 is 93.0 Å². The third-order valence-corrected chi connectivity index (χ3v) is 17.3. The highest BCUT2D eigenvalue weighted by atomic mass is 16.4. The topological polar surface area (TPSA) is 625 Å². The average Bonchev–Trinajstić information content (AvgIpc) is 1.57. The molecule has 0 spiro atoms. The molecule has 2 aromatic carbocycles. The summed E-state index contributed by atoms with van der Waals surface area (Å²) in [6.45, 7) is 3.45. The van der Waals surface area contributed by atoms with Gasteiger partial charge in [0.05, 0.1) is 38.6 Å². The zero-order valence-electron chi connectivity index (χ0n) is 59.9. The number of carboxylic acid groups (broad SMARTS) is 4. The second-order valence-corrected chi connectivity index (χ2v) is 26.6. The van der Waals surface area contributed by atoms with E-state index in [1.165, 1.54) is 53.4 Å². The van der Waals surface area contributed by atoms with Crippen LogP contribution in [0.5, 0.6) is 11.5 Å². The van der Waals surface area contributed by atoms with Gasteiger partial charge in [0.1, 0.15) is 53.8 Å². The number of amides is 9. The second-order valence-electron chi connectivity index (χ2n) is 26.6. The molecule has 4 rings (SSSR count). The number of guanidine groups is 2. The number of likely N-dealkylation sites (tertiary alicyclic amines) is 1. The van der Waals surface area contributed by atoms with Crippen LogP contribution >= 0.6 is 0 Å². The van der Waals surface area contributed by atoms with E-state index in [4.69, 9.17) is 34.4 Å². The van der Waals surface area contributed by atoms with Crippen molar-refractivity contribution in [1.82, 2.24) is 61.7 Å². The molecule has 2 saturated heterocycles. The van der Waals surface area contributed by atoms with Crippen molar-refractivity contribution in [2.75, 3.05) is 105 Å². The highest BCUT2D eigenvalue weighted by molar-refractivity contribution is 5.98. The van der Waals surface area contributed by atoms with Gasteiger partial charge in [0.15, 0.2) is 11.9 Å². The molecular weight excluding hydrogens is 1390 g/mol. The monoisotopic (exact) mass is 1490 g/mol. The second kappa shape index (κ2) is 45.7. The van der Waals surface area contributed by atoms with Crippen LogP contribution in [-0.4, -0.2) is 297 Å². The van der Waals surface area contributed by atoms with Gasteiger partial charge in [0.25, 0.3) is 0 Å². The number of phenolic OH excluding ortho intramolecular Hbond substituents is 2. The van der Waals surface area contributed by atoms with Crippen LogP contribution < -0.4 is 71.6 Å². The number of aliphatic carboxylic acids is 4. The van der Waals surface area contributed by atoms with Crippen molar-refractivity contribution in [2.24, 2.45) is 50.3 Å². The Bertz CT molecular complexity index is 3310. The first kappa shape index (κ1) is 87.9. The van der Waals surface area contributed by atoms with E-state index in [2.05, 4.69) is 47.2 Å². The Labute approximate surface area is 613 Å². The van der Waals surface area contributed by atoms with Crippen molar-refractivity contribution in [1.29, 1.82) is 0 Å². The van der Waals surface area contributed by atoms with Gasteiger partial charge in [-0.3, -0.25) is 87.1 Å². The number of carbonyl (C=O) groups is 13. The summed E-state index contributed by atoms with van der Waals surface area (Å²) in [5, 5.41) is 77.9. The lowest BCUT2D eigenvalue weighted by molar-refractivity contribution is -0.142. The van der Waals surface area contributed by atoms with Crippen LogP contribution in [0.1, 0.15) is 95.6 Å². The van der Waals surface area contributed by atoms with Gasteiger partial charge in [0, 0.05) is 91.4 Å². The van der Waals surface area contributed by atoms with E-state index in [0.717, 1.165) is 0 Å². The number of carbonyl (C=O) groups excluding carboxylic acids is 9. The summed E-state index contributed by atoms with van der Waals surface area (Å²) in [7, 11) is 0. The molecule has 0 unspecified atom stereocenters. The lowest BCUT2D eigenvalue weighted by Gasteiger charge is -2.32. The molecule has 0 aliphatic carbocycles. The van der Waals surface area contributed by atoms with E-state index in [-0.39, 0.29) is 205 Å². The molecule has 2 aliphatic rings. The summed E-state index contributed by atoms with van der Waals surface area (Å²) in [5.41, 5.74) is 34.5. The Morgan fingerprint density at radius 1 is 0.481 bits per heavy atom. The van der Waals surface area contributed by atoms with Crippen LogP contribution in [0.25, 0.3) is 0 Å². The van der Waals surface area contributed by atoms with E-state index in [1.54, 1.807) is 33.4 Å². The van der Waals surface area contributed by atoms with Gasteiger partial charge in [-0.05, 0) is 106 Å². The number of benzene rings is 2. The smallest absolute Gasteiger partial charge is 0.326 e. The minimum absolute atomic E-state index is 0.000331. The Morgan fingerprint density at radius 3 is 1.27 bits per heavy atom. The molecular formula is C67H106N20O19. The standard InChI is InChI=1S/C67H106N20O19/c1-40(2)32-49(61(101)77-48(10-6-22-76-67(72)73)60(100)82-51(65(105)106)34-42-14-18-44(89)19-15-42)80-59(99)47(9-5-21-75-66(70)71)78-62(102)50(33-41-12-16-43(88)17-13-41)81-58(98)46(79-63(103)52-11-7-23-87(52)64(104)45(68)35-53(69)90)8-3-4-20-74-54(91)36-83-24-26-84(37-55(92)93)28-30-86(39-57(96)97)31-29-85(27-25-83)38-56(94)95/h12-19,40,45-52,88-89H,3-11,20-39,68H2,1-2H3,(H2,69,90)(H,74,91)(H,77,101)(H,78,102)(H,79,103)(H,80,99)(H,81,98)(H,82,100)(H,92,93)(H,94,95)(H,96,97)(H,105,106)(H4,70,71,75)(H4,72,73,76)/t45-,46-,47-,48-,49-,50-,51-,52-/m0/s1. The van der Waals surface area contributed by atoms with Gasteiger partial charge < -0.3 is 107 Å². The number of nitrogens with one attached hydrogen (secondary N) is 7. The van der Waals surface area contributed by atoms with Crippen molar-refractivity contribution in [2.45, 2.75) is 146 Å². The number of hydrogen-bond acceptors (Lipinski definition) is 22. The van der Waals surface area contributed by atoms with Crippen LogP contribution in [0.3, 0.4) is 0 Å². The van der Waals surface area contributed by atoms with Crippen LogP contribution in [-0.2, 0) is 75.2 Å². The van der Waals surface area contributed by atoms with Crippen LogP contribution in [0.4, 0.5) is 0 Å². The summed E-state index contributed by atoms with van der Waals surface area (Å²) in [5.74, 6) is -13.4. The number of aromatic hydroxyl groups is 2. The van der Waals surface area contributed by atoms with Crippen molar-refractivity contribution in [3.63, 3.8) is 0 Å². The maximum atomic E-state index is 15.0. The quantitative estimate of drug-likeness (QED) is 0.0167. The van der Waals surface area contributed by atoms with Crippen molar-refractivity contribution in [3.05, 3.63) is 59.7 Å². The summed E-state index contributed by atoms with van der Waals surface area (Å²) in [6.07, 6.45) is -0.719. The third-order valence-electron chi connectivity index (χ3n) is 17.3. The number of primary amides is 1. The molecule has 2 heterocycles. The number of aliphatic imine (C=N–C) groups is 2. The molecule has 2 aliphatic heterocycles. The zero-order valence-corrected chi connectivity index (χ0v) is 59.9. The summed E-state index contributed by atoms with van der Waals surface area (Å²) < 4.78 is 0. The maximum absolute atomic E-state index is 15.0. The van der Waals surface area contributed by atoms with E-state index in [1.807, 2.05) is 0 Å². The largest absolute Gasteiger partial charge is 0.508 e. The van der Waals surface area contributed by atoms with Gasteiger partial charge in [-0.25, -0.2) is 4.79 Å². The maximum Gasteiger partial charge on any atom is 0.326 e. The molecule has 25 N–H and O–H groups in total. The van der Waals surface area contributed by atoms with Gasteiger partial charge in [-0.2, -0.15) is 0 Å².